The summed E-state index contributed by atoms with van der Waals surface area (Å²) < 4.78 is 5.56. The molecule has 2 bridgehead atoms. The summed E-state index contributed by atoms with van der Waals surface area (Å²) >= 11 is 0. The van der Waals surface area contributed by atoms with Crippen molar-refractivity contribution in [3.63, 3.8) is 0 Å². The van der Waals surface area contributed by atoms with Gasteiger partial charge in [0, 0.05) is 30.3 Å². The van der Waals surface area contributed by atoms with Crippen molar-refractivity contribution in [1.82, 2.24) is 15.5 Å². The molecule has 7 nitrogen and oxygen atoms in total. The van der Waals surface area contributed by atoms with Crippen molar-refractivity contribution in [3.8, 4) is 0 Å². The molecule has 3 N–H and O–H groups in total. The molecule has 2 saturated heterocycles. The third-order valence-electron chi connectivity index (χ3n) is 6.92. The molecule has 0 spiro atoms. The summed E-state index contributed by atoms with van der Waals surface area (Å²) in [5, 5.41) is 16.7. The number of rotatable bonds is 5. The monoisotopic (exact) mass is 435 g/mol. The van der Waals surface area contributed by atoms with Crippen LogP contribution in [-0.4, -0.2) is 65.8 Å². The van der Waals surface area contributed by atoms with E-state index in [-0.39, 0.29) is 36.5 Å². The molecule has 5 rings (SSSR count). The average Bonchev–Trinajstić information content (AvgIpc) is 3.09. The first-order chi connectivity index (χ1) is 15.6. The Balaban J connectivity index is 1.15. The Hall–Kier alpha value is -2.74. The number of benzene rings is 2. The molecule has 3 heterocycles. The Morgan fingerprint density at radius 2 is 1.69 bits per heavy atom. The van der Waals surface area contributed by atoms with Crippen LogP contribution in [0.4, 0.5) is 0 Å². The number of hydrogen-bond acceptors (Lipinski definition) is 5. The zero-order chi connectivity index (χ0) is 22.1. The van der Waals surface area contributed by atoms with Gasteiger partial charge in [0.05, 0.1) is 31.4 Å². The number of nitrogens with one attached hydrogen (secondary N) is 2. The Labute approximate surface area is 187 Å². The lowest BCUT2D eigenvalue weighted by Gasteiger charge is -2.34. The number of aliphatic hydroxyl groups excluding tert-OH is 1. The van der Waals surface area contributed by atoms with E-state index in [0.717, 1.165) is 19.3 Å². The van der Waals surface area contributed by atoms with Gasteiger partial charge >= 0.3 is 0 Å². The highest BCUT2D eigenvalue weighted by atomic mass is 16.5. The third kappa shape index (κ3) is 4.16. The zero-order valence-electron chi connectivity index (χ0n) is 18.0. The van der Waals surface area contributed by atoms with Crippen LogP contribution in [0.3, 0.4) is 0 Å². The van der Waals surface area contributed by atoms with E-state index in [2.05, 4.69) is 22.8 Å². The Bertz CT molecular complexity index is 977. The van der Waals surface area contributed by atoms with Crippen molar-refractivity contribution in [3.05, 3.63) is 70.8 Å². The summed E-state index contributed by atoms with van der Waals surface area (Å²) in [6, 6.07) is 15.2. The van der Waals surface area contributed by atoms with E-state index in [0.29, 0.717) is 30.9 Å². The number of carbonyl (C=O) groups excluding carboxylic acids is 2. The van der Waals surface area contributed by atoms with Crippen molar-refractivity contribution in [1.29, 1.82) is 0 Å². The topological polar surface area (TPSA) is 90.9 Å². The van der Waals surface area contributed by atoms with Crippen LogP contribution in [0.25, 0.3) is 0 Å². The summed E-state index contributed by atoms with van der Waals surface area (Å²) in [4.78, 5) is 27.5. The summed E-state index contributed by atoms with van der Waals surface area (Å²) in [5.74, 6) is -0.252. The van der Waals surface area contributed by atoms with Gasteiger partial charge in [0.15, 0.2) is 0 Å². The standard InChI is InChI=1S/C25H29N3O4/c29-23(22-11-18-3-1-2-4-19(18)12-26-22)13-27-24(30)16-5-7-17(8-6-16)25(31)28-20-9-10-21(28)15-32-14-20/h1-8,20-23,26,29H,9-15H2,(H,27,30)/t20?,21?,22-,23?/m0/s1. The molecule has 3 aliphatic heterocycles. The largest absolute Gasteiger partial charge is 0.390 e. The summed E-state index contributed by atoms with van der Waals surface area (Å²) in [7, 11) is 0. The molecule has 2 amide bonds. The third-order valence-corrected chi connectivity index (χ3v) is 6.92. The minimum absolute atomic E-state index is 0.00633. The van der Waals surface area contributed by atoms with E-state index in [4.69, 9.17) is 4.74 Å². The number of aliphatic hydroxyl groups is 1. The molecule has 32 heavy (non-hydrogen) atoms. The summed E-state index contributed by atoms with van der Waals surface area (Å²) in [5.41, 5.74) is 3.54. The lowest BCUT2D eigenvalue weighted by atomic mass is 9.93. The Morgan fingerprint density at radius 3 is 2.41 bits per heavy atom. The zero-order valence-corrected chi connectivity index (χ0v) is 18.0. The van der Waals surface area contributed by atoms with Crippen molar-refractivity contribution >= 4 is 11.8 Å². The normalized spacial score (nSPS) is 25.2. The quantitative estimate of drug-likeness (QED) is 0.662. The highest BCUT2D eigenvalue weighted by Crippen LogP contribution is 2.30. The van der Waals surface area contributed by atoms with Gasteiger partial charge in [-0.05, 0) is 54.7 Å². The lowest BCUT2D eigenvalue weighted by Crippen LogP contribution is -2.49. The molecule has 4 atom stereocenters. The van der Waals surface area contributed by atoms with Crippen molar-refractivity contribution in [2.45, 2.75) is 50.0 Å². The van der Waals surface area contributed by atoms with Crippen LogP contribution < -0.4 is 10.6 Å². The van der Waals surface area contributed by atoms with Crippen molar-refractivity contribution < 1.29 is 19.4 Å². The number of carbonyl (C=O) groups is 2. The molecule has 2 aromatic carbocycles. The SMILES string of the molecule is O=C(NCC(O)[C@@H]1Cc2ccccc2CN1)c1ccc(C(=O)N2C3CCC2COC3)cc1. The van der Waals surface area contributed by atoms with Gasteiger partial charge in [-0.25, -0.2) is 0 Å². The van der Waals surface area contributed by atoms with Gasteiger partial charge in [0.2, 0.25) is 0 Å². The maximum atomic E-state index is 12.9. The molecule has 0 saturated carbocycles. The highest BCUT2D eigenvalue weighted by molar-refractivity contribution is 5.98. The second-order valence-corrected chi connectivity index (χ2v) is 8.95. The van der Waals surface area contributed by atoms with Crippen LogP contribution in [0.2, 0.25) is 0 Å². The van der Waals surface area contributed by atoms with Gasteiger partial charge < -0.3 is 25.4 Å². The summed E-state index contributed by atoms with van der Waals surface area (Å²) in [6.45, 7) is 2.08. The van der Waals surface area contributed by atoms with Crippen LogP contribution in [0.1, 0.15) is 44.7 Å². The van der Waals surface area contributed by atoms with Gasteiger partial charge in [-0.15, -0.1) is 0 Å². The summed E-state index contributed by atoms with van der Waals surface area (Å²) in [6.07, 6.45) is 2.01. The first-order valence-corrected chi connectivity index (χ1v) is 11.4. The van der Waals surface area contributed by atoms with Crippen LogP contribution in [0.15, 0.2) is 48.5 Å². The molecule has 0 aromatic heterocycles. The molecule has 3 aliphatic rings. The van der Waals surface area contributed by atoms with Crippen LogP contribution in [0.5, 0.6) is 0 Å². The number of ether oxygens (including phenoxy) is 1. The minimum atomic E-state index is -0.690. The maximum Gasteiger partial charge on any atom is 0.254 e. The molecule has 2 fully saturated rings. The highest BCUT2D eigenvalue weighted by Gasteiger charge is 2.40. The van der Waals surface area contributed by atoms with Crippen LogP contribution in [-0.2, 0) is 17.7 Å². The van der Waals surface area contributed by atoms with Gasteiger partial charge in [0.1, 0.15) is 0 Å². The number of nitrogens with zero attached hydrogens (tertiary/aromatic N) is 1. The molecule has 7 heteroatoms. The van der Waals surface area contributed by atoms with E-state index < -0.39 is 6.10 Å². The molecule has 2 aromatic rings. The fraction of sp³-hybridized carbons (Fsp3) is 0.440. The van der Waals surface area contributed by atoms with Gasteiger partial charge in [0.25, 0.3) is 11.8 Å². The number of morpholine rings is 1. The van der Waals surface area contributed by atoms with E-state index in [1.165, 1.54) is 11.1 Å². The van der Waals surface area contributed by atoms with E-state index in [9.17, 15) is 14.7 Å². The lowest BCUT2D eigenvalue weighted by molar-refractivity contribution is -0.00716. The second kappa shape index (κ2) is 9.02. The van der Waals surface area contributed by atoms with Crippen LogP contribution >= 0.6 is 0 Å². The van der Waals surface area contributed by atoms with Gasteiger partial charge in [-0.3, -0.25) is 9.59 Å². The Kier molecular flexibility index (Phi) is 5.95. The molecular formula is C25H29N3O4. The number of amides is 2. The molecular weight excluding hydrogens is 406 g/mol. The fourth-order valence-electron chi connectivity index (χ4n) is 5.07. The molecule has 3 unspecified atom stereocenters. The first kappa shape index (κ1) is 21.1. The minimum Gasteiger partial charge on any atom is -0.390 e. The first-order valence-electron chi connectivity index (χ1n) is 11.4. The smallest absolute Gasteiger partial charge is 0.254 e. The van der Waals surface area contributed by atoms with E-state index in [1.807, 2.05) is 17.0 Å². The maximum absolute atomic E-state index is 12.9. The fourth-order valence-corrected chi connectivity index (χ4v) is 5.07. The van der Waals surface area contributed by atoms with Crippen molar-refractivity contribution in [2.75, 3.05) is 19.8 Å². The second-order valence-electron chi connectivity index (χ2n) is 8.95. The van der Waals surface area contributed by atoms with E-state index in [1.54, 1.807) is 24.3 Å². The van der Waals surface area contributed by atoms with Crippen LogP contribution in [0, 0.1) is 0 Å². The number of fused-ring (bicyclic) bond motifs is 3. The van der Waals surface area contributed by atoms with Crippen molar-refractivity contribution in [2.24, 2.45) is 0 Å². The predicted molar refractivity (Wildman–Crippen MR) is 119 cm³/mol. The Morgan fingerprint density at radius 1 is 1.03 bits per heavy atom. The molecule has 168 valence electrons. The molecule has 0 aliphatic carbocycles. The van der Waals surface area contributed by atoms with Gasteiger partial charge in [-0.1, -0.05) is 24.3 Å². The number of hydrogen-bond donors (Lipinski definition) is 3. The molecule has 0 radical (unpaired) electrons. The predicted octanol–water partition coefficient (Wildman–Crippen LogP) is 1.50. The van der Waals surface area contributed by atoms with E-state index >= 15 is 0 Å². The van der Waals surface area contributed by atoms with Gasteiger partial charge in [-0.2, -0.15) is 0 Å². The average molecular weight is 436 g/mol.